The van der Waals surface area contributed by atoms with Crippen LogP contribution in [0.2, 0.25) is 0 Å². The average molecular weight is 376 g/mol. The van der Waals surface area contributed by atoms with E-state index in [0.29, 0.717) is 11.3 Å². The Morgan fingerprint density at radius 2 is 1.77 bits per heavy atom. The lowest BCUT2D eigenvalue weighted by atomic mass is 9.64. The van der Waals surface area contributed by atoms with Gasteiger partial charge in [0.15, 0.2) is 0 Å². The quantitative estimate of drug-likeness (QED) is 0.735. The standard InChI is InChI=1S/C19H27F3O4/c1-7-14(18(25,16(23)24)19(20,21)22)17(4,5)13-10-8-9-12(11(2)3)15(13)26-6/h8-11,14,25H,7H2,1-6H3,(H,23,24). The van der Waals surface area contributed by atoms with Gasteiger partial charge >= 0.3 is 12.1 Å². The van der Waals surface area contributed by atoms with E-state index in [-0.39, 0.29) is 12.3 Å². The normalized spacial score (nSPS) is 16.3. The van der Waals surface area contributed by atoms with Crippen LogP contribution < -0.4 is 4.74 Å². The zero-order valence-corrected chi connectivity index (χ0v) is 15.9. The largest absolute Gasteiger partial charge is 0.496 e. The topological polar surface area (TPSA) is 66.8 Å². The number of carboxylic acid groups (broad SMARTS) is 1. The molecule has 0 aliphatic carbocycles. The van der Waals surface area contributed by atoms with Gasteiger partial charge in [0.25, 0.3) is 5.60 Å². The van der Waals surface area contributed by atoms with Crippen LogP contribution in [0.1, 0.15) is 58.1 Å². The molecule has 7 heteroatoms. The Bertz CT molecular complexity index is 653. The zero-order chi connectivity index (χ0) is 20.5. The molecule has 0 fully saturated rings. The molecule has 0 aliphatic rings. The first-order valence-corrected chi connectivity index (χ1v) is 8.46. The molecule has 1 rings (SSSR count). The fraction of sp³-hybridized carbons (Fsp3) is 0.632. The molecule has 2 unspecified atom stereocenters. The highest BCUT2D eigenvalue weighted by molar-refractivity contribution is 5.79. The number of halogens is 3. The van der Waals surface area contributed by atoms with Gasteiger partial charge in [-0.25, -0.2) is 4.79 Å². The third-order valence-electron chi connectivity index (χ3n) is 5.11. The summed E-state index contributed by atoms with van der Waals surface area (Å²) in [5.41, 5.74) is -3.96. The van der Waals surface area contributed by atoms with Gasteiger partial charge < -0.3 is 14.9 Å². The lowest BCUT2D eigenvalue weighted by molar-refractivity contribution is -0.282. The first kappa shape index (κ1) is 22.3. The monoisotopic (exact) mass is 376 g/mol. The van der Waals surface area contributed by atoms with E-state index in [1.165, 1.54) is 27.9 Å². The Morgan fingerprint density at radius 1 is 1.23 bits per heavy atom. The number of methoxy groups -OCH3 is 1. The van der Waals surface area contributed by atoms with Crippen LogP contribution in [0.3, 0.4) is 0 Å². The molecule has 0 aromatic heterocycles. The summed E-state index contributed by atoms with van der Waals surface area (Å²) in [4.78, 5) is 11.5. The Balaban J connectivity index is 3.71. The molecule has 4 nitrogen and oxygen atoms in total. The van der Waals surface area contributed by atoms with Crippen LogP contribution in [-0.2, 0) is 10.2 Å². The van der Waals surface area contributed by atoms with E-state index in [9.17, 15) is 28.2 Å². The summed E-state index contributed by atoms with van der Waals surface area (Å²) in [6, 6.07) is 5.14. The van der Waals surface area contributed by atoms with Crippen molar-refractivity contribution in [2.75, 3.05) is 7.11 Å². The molecule has 1 aromatic carbocycles. The van der Waals surface area contributed by atoms with Gasteiger partial charge in [-0.2, -0.15) is 13.2 Å². The van der Waals surface area contributed by atoms with Crippen LogP contribution in [0.5, 0.6) is 5.75 Å². The minimum atomic E-state index is -5.32. The molecule has 0 heterocycles. The third kappa shape index (κ3) is 3.54. The van der Waals surface area contributed by atoms with Gasteiger partial charge in [0.05, 0.1) is 7.11 Å². The molecule has 0 radical (unpaired) electrons. The molecule has 2 N–H and O–H groups in total. The second-order valence-electron chi connectivity index (χ2n) is 7.33. The molecular formula is C19H27F3O4. The van der Waals surface area contributed by atoms with E-state index >= 15 is 0 Å². The number of rotatable bonds is 7. The van der Waals surface area contributed by atoms with Crippen LogP contribution in [0.4, 0.5) is 13.2 Å². The van der Waals surface area contributed by atoms with Gasteiger partial charge in [0.2, 0.25) is 0 Å². The number of carbonyl (C=O) groups is 1. The molecular weight excluding hydrogens is 349 g/mol. The molecule has 0 bridgehead atoms. The highest BCUT2D eigenvalue weighted by atomic mass is 19.4. The fourth-order valence-corrected chi connectivity index (χ4v) is 3.73. The number of aliphatic carboxylic acids is 1. The maximum Gasteiger partial charge on any atom is 0.428 e. The van der Waals surface area contributed by atoms with Gasteiger partial charge in [-0.1, -0.05) is 52.8 Å². The van der Waals surface area contributed by atoms with E-state index < -0.39 is 29.1 Å². The molecule has 26 heavy (non-hydrogen) atoms. The highest BCUT2D eigenvalue weighted by Gasteiger charge is 2.67. The molecule has 2 atom stereocenters. The SMILES string of the molecule is CCC(C(C)(C)c1cccc(C(C)C)c1OC)C(O)(C(=O)O)C(F)(F)F. The maximum absolute atomic E-state index is 13.6. The van der Waals surface area contributed by atoms with Crippen LogP contribution >= 0.6 is 0 Å². The summed E-state index contributed by atoms with van der Waals surface area (Å²) in [7, 11) is 1.43. The van der Waals surface area contributed by atoms with Crippen LogP contribution in [0.15, 0.2) is 18.2 Å². The van der Waals surface area contributed by atoms with E-state index in [0.717, 1.165) is 5.56 Å². The molecule has 0 spiro atoms. The smallest absolute Gasteiger partial charge is 0.428 e. The molecule has 148 valence electrons. The number of carboxylic acids is 1. The number of para-hydroxylation sites is 1. The Labute approximate surface area is 152 Å². The van der Waals surface area contributed by atoms with Crippen molar-refractivity contribution in [3.63, 3.8) is 0 Å². The minimum Gasteiger partial charge on any atom is -0.496 e. The Kier molecular flexibility index (Phi) is 6.40. The molecule has 0 saturated carbocycles. The lowest BCUT2D eigenvalue weighted by Crippen LogP contribution is -2.61. The maximum atomic E-state index is 13.6. The molecule has 0 amide bonds. The predicted octanol–water partition coefficient (Wildman–Crippen LogP) is 4.50. The Hall–Kier alpha value is -1.76. The number of aliphatic hydroxyl groups is 1. The summed E-state index contributed by atoms with van der Waals surface area (Å²) in [5, 5.41) is 19.5. The van der Waals surface area contributed by atoms with E-state index in [4.69, 9.17) is 4.74 Å². The number of ether oxygens (including phenoxy) is 1. The number of hydrogen-bond donors (Lipinski definition) is 2. The van der Waals surface area contributed by atoms with Crippen molar-refractivity contribution in [3.8, 4) is 5.75 Å². The fourth-order valence-electron chi connectivity index (χ4n) is 3.73. The average Bonchev–Trinajstić information content (AvgIpc) is 2.52. The number of hydrogen-bond acceptors (Lipinski definition) is 3. The van der Waals surface area contributed by atoms with E-state index in [1.807, 2.05) is 19.9 Å². The van der Waals surface area contributed by atoms with Gasteiger partial charge in [-0.15, -0.1) is 0 Å². The predicted molar refractivity (Wildman–Crippen MR) is 92.5 cm³/mol. The van der Waals surface area contributed by atoms with Gasteiger partial charge in [0, 0.05) is 11.5 Å². The third-order valence-corrected chi connectivity index (χ3v) is 5.11. The highest BCUT2D eigenvalue weighted by Crippen LogP contribution is 2.50. The van der Waals surface area contributed by atoms with Crippen molar-refractivity contribution < 1.29 is 32.9 Å². The van der Waals surface area contributed by atoms with Crippen molar-refractivity contribution in [1.29, 1.82) is 0 Å². The summed E-state index contributed by atoms with van der Waals surface area (Å²) in [5.74, 6) is -3.45. The van der Waals surface area contributed by atoms with E-state index in [2.05, 4.69) is 0 Å². The van der Waals surface area contributed by atoms with Gasteiger partial charge in [0.1, 0.15) is 5.75 Å². The van der Waals surface area contributed by atoms with Crippen molar-refractivity contribution in [2.24, 2.45) is 5.92 Å². The Morgan fingerprint density at radius 3 is 2.12 bits per heavy atom. The summed E-state index contributed by atoms with van der Waals surface area (Å²) >= 11 is 0. The molecule has 0 aliphatic heterocycles. The first-order valence-electron chi connectivity index (χ1n) is 8.46. The second kappa shape index (κ2) is 7.47. The molecule has 0 saturated heterocycles. The van der Waals surface area contributed by atoms with Crippen molar-refractivity contribution in [3.05, 3.63) is 29.3 Å². The van der Waals surface area contributed by atoms with Gasteiger partial charge in [-0.05, 0) is 23.3 Å². The van der Waals surface area contributed by atoms with Crippen LogP contribution in [0, 0.1) is 5.92 Å². The zero-order valence-electron chi connectivity index (χ0n) is 15.9. The van der Waals surface area contributed by atoms with Gasteiger partial charge in [-0.3, -0.25) is 0 Å². The van der Waals surface area contributed by atoms with Crippen LogP contribution in [-0.4, -0.2) is 35.1 Å². The number of alkyl halides is 3. The summed E-state index contributed by atoms with van der Waals surface area (Å²) in [6.45, 7) is 8.29. The molecule has 1 aromatic rings. The first-order chi connectivity index (χ1) is 11.8. The van der Waals surface area contributed by atoms with Crippen molar-refractivity contribution >= 4 is 5.97 Å². The summed E-state index contributed by atoms with van der Waals surface area (Å²) < 4.78 is 46.2. The van der Waals surface area contributed by atoms with E-state index in [1.54, 1.807) is 12.1 Å². The van der Waals surface area contributed by atoms with Crippen LogP contribution in [0.25, 0.3) is 0 Å². The number of benzene rings is 1. The lowest BCUT2D eigenvalue weighted by Gasteiger charge is -2.44. The van der Waals surface area contributed by atoms with Crippen molar-refractivity contribution in [1.82, 2.24) is 0 Å². The minimum absolute atomic E-state index is 0.0572. The second-order valence-corrected chi connectivity index (χ2v) is 7.33. The van der Waals surface area contributed by atoms with Crippen molar-refractivity contribution in [2.45, 2.75) is 64.1 Å². The summed E-state index contributed by atoms with van der Waals surface area (Å²) in [6.07, 6.45) is -5.51.